The first-order valence-electron chi connectivity index (χ1n) is 8.67. The lowest BCUT2D eigenvalue weighted by molar-refractivity contribution is 0.346. The van der Waals surface area contributed by atoms with Crippen LogP contribution in [0.25, 0.3) is 11.0 Å². The van der Waals surface area contributed by atoms with Crippen molar-refractivity contribution in [1.82, 2.24) is 20.2 Å². The van der Waals surface area contributed by atoms with Crippen molar-refractivity contribution in [1.29, 1.82) is 0 Å². The third-order valence-corrected chi connectivity index (χ3v) is 4.23. The summed E-state index contributed by atoms with van der Waals surface area (Å²) in [5, 5.41) is 6.84. The Labute approximate surface area is 145 Å². The quantitative estimate of drug-likeness (QED) is 0.652. The summed E-state index contributed by atoms with van der Waals surface area (Å²) in [5.41, 5.74) is 2.54. The van der Waals surface area contributed by atoms with E-state index in [-0.39, 0.29) is 0 Å². The number of fused-ring (bicyclic) bond motifs is 1. The Bertz CT molecular complexity index is 693. The van der Waals surface area contributed by atoms with Crippen LogP contribution in [0.2, 0.25) is 0 Å². The van der Waals surface area contributed by atoms with E-state index in [4.69, 9.17) is 0 Å². The second kappa shape index (κ2) is 7.69. The number of nitrogens with one attached hydrogen (secondary N) is 2. The lowest BCUT2D eigenvalue weighted by Gasteiger charge is -2.23. The van der Waals surface area contributed by atoms with E-state index in [1.54, 1.807) is 7.05 Å². The van der Waals surface area contributed by atoms with Crippen LogP contribution in [0.1, 0.15) is 46.4 Å². The summed E-state index contributed by atoms with van der Waals surface area (Å²) in [6.45, 7) is 9.68. The predicted octanol–water partition coefficient (Wildman–Crippen LogP) is 3.45. The Morgan fingerprint density at radius 2 is 2.00 bits per heavy atom. The van der Waals surface area contributed by atoms with Gasteiger partial charge in [-0.15, -0.1) is 0 Å². The number of aromatic nitrogens is 2. The second-order valence-electron chi connectivity index (χ2n) is 7.65. The first-order chi connectivity index (χ1) is 11.3. The maximum Gasteiger partial charge on any atom is 0.191 e. The van der Waals surface area contributed by atoms with Crippen LogP contribution < -0.4 is 10.6 Å². The molecule has 1 atom stereocenters. The fourth-order valence-electron chi connectivity index (χ4n) is 2.67. The van der Waals surface area contributed by atoms with E-state index in [2.05, 4.69) is 66.0 Å². The predicted molar refractivity (Wildman–Crippen MR) is 102 cm³/mol. The molecule has 0 bridgehead atoms. The number of rotatable bonds is 5. The number of hydrogen-bond acceptors (Lipinski definition) is 2. The summed E-state index contributed by atoms with van der Waals surface area (Å²) in [6.07, 6.45) is 2.30. The smallest absolute Gasteiger partial charge is 0.191 e. The lowest BCUT2D eigenvalue weighted by atomic mass is 9.89. The topological polar surface area (TPSA) is 54.2 Å². The molecule has 2 aromatic rings. The number of hydrogen-bond donors (Lipinski definition) is 2. The van der Waals surface area contributed by atoms with E-state index >= 15 is 0 Å². The SMILES string of the molecule is CN=C(NCc1nc2ccccc2n1C)NC(C)CCC(C)(C)C. The standard InChI is InChI=1S/C19H31N5/c1-14(11-12-19(2,3)4)22-18(20-5)21-13-17-23-15-9-7-8-10-16(15)24(17)6/h7-10,14H,11-13H2,1-6H3,(H2,20,21,22). The zero-order valence-corrected chi connectivity index (χ0v) is 15.8. The van der Waals surface area contributed by atoms with E-state index in [0.717, 1.165) is 29.2 Å². The van der Waals surface area contributed by atoms with Crippen LogP contribution in [0.3, 0.4) is 0 Å². The Morgan fingerprint density at radius 3 is 2.62 bits per heavy atom. The van der Waals surface area contributed by atoms with Crippen molar-refractivity contribution in [2.75, 3.05) is 7.05 Å². The molecule has 0 spiro atoms. The molecule has 0 aliphatic rings. The van der Waals surface area contributed by atoms with Crippen molar-refractivity contribution in [2.24, 2.45) is 17.5 Å². The Hall–Kier alpha value is -2.04. The van der Waals surface area contributed by atoms with Gasteiger partial charge in [0.1, 0.15) is 5.82 Å². The molecule has 0 aliphatic heterocycles. The van der Waals surface area contributed by atoms with Crippen LogP contribution in [-0.4, -0.2) is 28.6 Å². The van der Waals surface area contributed by atoms with Crippen LogP contribution in [-0.2, 0) is 13.6 Å². The second-order valence-corrected chi connectivity index (χ2v) is 7.65. The molecule has 0 amide bonds. The van der Waals surface area contributed by atoms with Crippen LogP contribution in [0.4, 0.5) is 0 Å². The fraction of sp³-hybridized carbons (Fsp3) is 0.579. The van der Waals surface area contributed by atoms with Gasteiger partial charge in [0.05, 0.1) is 17.6 Å². The summed E-state index contributed by atoms with van der Waals surface area (Å²) in [7, 11) is 3.86. The normalized spacial score (nSPS) is 14.0. The molecule has 1 unspecified atom stereocenters. The van der Waals surface area contributed by atoms with Gasteiger partial charge >= 0.3 is 0 Å². The molecule has 0 radical (unpaired) electrons. The van der Waals surface area contributed by atoms with Crippen molar-refractivity contribution in [3.63, 3.8) is 0 Å². The number of nitrogens with zero attached hydrogens (tertiary/aromatic N) is 3. The molecule has 0 aliphatic carbocycles. The molecule has 24 heavy (non-hydrogen) atoms. The minimum atomic E-state index is 0.361. The third-order valence-electron chi connectivity index (χ3n) is 4.23. The zero-order valence-electron chi connectivity index (χ0n) is 15.8. The summed E-state index contributed by atoms with van der Waals surface area (Å²) in [4.78, 5) is 9.01. The van der Waals surface area contributed by atoms with Gasteiger partial charge in [-0.05, 0) is 37.3 Å². The Balaban J connectivity index is 1.92. The van der Waals surface area contributed by atoms with E-state index < -0.39 is 0 Å². The molecule has 132 valence electrons. The summed E-state index contributed by atoms with van der Waals surface area (Å²) in [5.74, 6) is 1.82. The van der Waals surface area contributed by atoms with Crippen LogP contribution in [0.15, 0.2) is 29.3 Å². The number of benzene rings is 1. The number of para-hydroxylation sites is 2. The van der Waals surface area contributed by atoms with Gasteiger partial charge in [-0.25, -0.2) is 4.98 Å². The monoisotopic (exact) mass is 329 g/mol. The molecule has 0 fully saturated rings. The first kappa shape index (κ1) is 18.3. The van der Waals surface area contributed by atoms with Crippen LogP contribution >= 0.6 is 0 Å². The fourth-order valence-corrected chi connectivity index (χ4v) is 2.67. The van der Waals surface area contributed by atoms with Gasteiger partial charge in [0.25, 0.3) is 0 Å². The minimum Gasteiger partial charge on any atom is -0.354 e. The van der Waals surface area contributed by atoms with E-state index in [1.807, 2.05) is 18.2 Å². The highest BCUT2D eigenvalue weighted by molar-refractivity contribution is 5.80. The molecule has 2 rings (SSSR count). The van der Waals surface area contributed by atoms with E-state index in [0.29, 0.717) is 18.0 Å². The molecular weight excluding hydrogens is 298 g/mol. The third kappa shape index (κ3) is 4.98. The molecule has 1 aromatic heterocycles. The van der Waals surface area contributed by atoms with Crippen molar-refractivity contribution in [2.45, 2.75) is 53.1 Å². The van der Waals surface area contributed by atoms with Crippen LogP contribution in [0.5, 0.6) is 0 Å². The van der Waals surface area contributed by atoms with E-state index in [1.165, 1.54) is 6.42 Å². The van der Waals surface area contributed by atoms with Crippen LogP contribution in [0, 0.1) is 5.41 Å². The largest absolute Gasteiger partial charge is 0.354 e. The highest BCUT2D eigenvalue weighted by Gasteiger charge is 2.14. The van der Waals surface area contributed by atoms with Gasteiger partial charge in [0, 0.05) is 20.1 Å². The highest BCUT2D eigenvalue weighted by atomic mass is 15.2. The average Bonchev–Trinajstić information content (AvgIpc) is 2.85. The van der Waals surface area contributed by atoms with E-state index in [9.17, 15) is 0 Å². The highest BCUT2D eigenvalue weighted by Crippen LogP contribution is 2.21. The zero-order chi connectivity index (χ0) is 17.7. The molecule has 2 N–H and O–H groups in total. The van der Waals surface area contributed by atoms with Crippen molar-refractivity contribution in [3.8, 4) is 0 Å². The maximum absolute atomic E-state index is 4.68. The molecular formula is C19H31N5. The van der Waals surface area contributed by atoms with Gasteiger partial charge in [-0.1, -0.05) is 32.9 Å². The molecule has 5 nitrogen and oxygen atoms in total. The van der Waals surface area contributed by atoms with Gasteiger partial charge in [0.15, 0.2) is 5.96 Å². The molecule has 1 heterocycles. The Morgan fingerprint density at radius 1 is 1.29 bits per heavy atom. The molecule has 0 saturated heterocycles. The number of aryl methyl sites for hydroxylation is 1. The van der Waals surface area contributed by atoms with Gasteiger partial charge in [0.2, 0.25) is 0 Å². The summed E-state index contributed by atoms with van der Waals surface area (Å²) < 4.78 is 2.12. The lowest BCUT2D eigenvalue weighted by Crippen LogP contribution is -2.42. The Kier molecular flexibility index (Phi) is 5.86. The summed E-state index contributed by atoms with van der Waals surface area (Å²) in [6, 6.07) is 8.58. The molecule has 1 aromatic carbocycles. The number of aliphatic imine (C=N–C) groups is 1. The van der Waals surface area contributed by atoms with Gasteiger partial charge < -0.3 is 15.2 Å². The summed E-state index contributed by atoms with van der Waals surface area (Å²) >= 11 is 0. The maximum atomic E-state index is 4.68. The average molecular weight is 329 g/mol. The number of imidazole rings is 1. The van der Waals surface area contributed by atoms with Gasteiger partial charge in [-0.3, -0.25) is 4.99 Å². The number of guanidine groups is 1. The van der Waals surface area contributed by atoms with Gasteiger partial charge in [-0.2, -0.15) is 0 Å². The minimum absolute atomic E-state index is 0.361. The first-order valence-corrected chi connectivity index (χ1v) is 8.67. The van der Waals surface area contributed by atoms with Crippen molar-refractivity contribution >= 4 is 17.0 Å². The molecule has 0 saturated carbocycles. The van der Waals surface area contributed by atoms with Crippen molar-refractivity contribution < 1.29 is 0 Å². The van der Waals surface area contributed by atoms with Crippen molar-refractivity contribution in [3.05, 3.63) is 30.1 Å². The molecule has 5 heteroatoms.